The monoisotopic (exact) mass is 556 g/mol. The number of unbranched alkanes of at least 4 members (excludes halogenated alkanes) is 1. The van der Waals surface area contributed by atoms with Gasteiger partial charge in [-0.15, -0.1) is 0 Å². The van der Waals surface area contributed by atoms with Crippen LogP contribution in [0.25, 0.3) is 22.2 Å². The highest BCUT2D eigenvalue weighted by molar-refractivity contribution is 6.90. The second-order valence-electron chi connectivity index (χ2n) is 11.5. The fourth-order valence-corrected chi connectivity index (χ4v) is 5.95. The number of para-hydroxylation sites is 1. The minimum Gasteiger partial charge on any atom is -0.354 e. The number of hydrogen-bond acceptors (Lipinski definition) is 2. The molecule has 0 amide bonds. The van der Waals surface area contributed by atoms with E-state index in [0.29, 0.717) is 12.1 Å². The van der Waals surface area contributed by atoms with Crippen LogP contribution in [0.1, 0.15) is 62.6 Å². The number of nitrogens with one attached hydrogen (secondary N) is 1. The van der Waals surface area contributed by atoms with Crippen LogP contribution in [0.15, 0.2) is 108 Å². The minimum absolute atomic E-state index is 0.101. The molecule has 0 bridgehead atoms. The standard InChI is InChI=1S/C38H45BN2O/c1-5-24-39(25-13-12-15-30(4)27-33(40-6-2)23-22-31-17-14-16-29(3)26-31)37(42)28-35-34-20-10-11-21-36(34)41-38(35)32-18-8-7-9-19-32/h6-11,14,16-21,26-27,41H,2,5,12-13,15,22-25,28H2,1,3-4H3/b30-27+,40-33?. The number of carbonyl (C=O) groups is 1. The van der Waals surface area contributed by atoms with Gasteiger partial charge in [0.1, 0.15) is 0 Å². The van der Waals surface area contributed by atoms with E-state index in [9.17, 15) is 4.79 Å². The summed E-state index contributed by atoms with van der Waals surface area (Å²) in [5.41, 5.74) is 9.83. The lowest BCUT2D eigenvalue weighted by atomic mass is 9.40. The van der Waals surface area contributed by atoms with Crippen molar-refractivity contribution in [2.75, 3.05) is 0 Å². The molecule has 3 aromatic carbocycles. The fourth-order valence-electron chi connectivity index (χ4n) is 5.95. The number of nitrogens with zero attached hydrogens (tertiary/aromatic N) is 1. The molecule has 0 aliphatic heterocycles. The zero-order valence-corrected chi connectivity index (χ0v) is 25.7. The average Bonchev–Trinajstić information content (AvgIpc) is 3.36. The summed E-state index contributed by atoms with van der Waals surface area (Å²) in [5, 5.41) is 1.15. The van der Waals surface area contributed by atoms with Gasteiger partial charge in [-0.25, -0.2) is 0 Å². The second-order valence-corrected chi connectivity index (χ2v) is 11.5. The summed E-state index contributed by atoms with van der Waals surface area (Å²) in [5.74, 6) is 0. The van der Waals surface area contributed by atoms with Crippen LogP contribution in [0.2, 0.25) is 12.6 Å². The highest BCUT2D eigenvalue weighted by Gasteiger charge is 2.24. The number of aromatic amines is 1. The third-order valence-corrected chi connectivity index (χ3v) is 8.12. The Morgan fingerprint density at radius 3 is 2.50 bits per heavy atom. The SMILES string of the molecule is C=CN=C(/C=C(\C)CCCCB(CCC)C(=O)Cc1c(-c2ccccc2)[nH]c2ccccc12)CCc1cccc(C)c1. The summed E-state index contributed by atoms with van der Waals surface area (Å²) in [6.07, 6.45) is 12.3. The quantitative estimate of drug-likeness (QED) is 0.0833. The molecule has 0 unspecified atom stereocenters. The lowest BCUT2D eigenvalue weighted by molar-refractivity contribution is -0.111. The van der Waals surface area contributed by atoms with Crippen LogP contribution in [-0.4, -0.2) is 23.1 Å². The molecule has 0 spiro atoms. The number of carbonyl (C=O) groups excluding carboxylic acids is 1. The molecule has 1 N–H and O–H groups in total. The van der Waals surface area contributed by atoms with Gasteiger partial charge in [0.15, 0.2) is 0 Å². The predicted octanol–water partition coefficient (Wildman–Crippen LogP) is 10.0. The molecule has 3 nitrogen and oxygen atoms in total. The molecule has 1 heterocycles. The number of rotatable bonds is 16. The number of aromatic nitrogens is 1. The van der Waals surface area contributed by atoms with Crippen LogP contribution >= 0.6 is 0 Å². The molecular formula is C38H45BN2O. The van der Waals surface area contributed by atoms with Crippen molar-refractivity contribution in [2.45, 2.75) is 78.4 Å². The summed E-state index contributed by atoms with van der Waals surface area (Å²) in [6, 6.07) is 27.4. The molecule has 0 atom stereocenters. The van der Waals surface area contributed by atoms with Crippen LogP contribution < -0.4 is 0 Å². The summed E-state index contributed by atoms with van der Waals surface area (Å²) in [6.45, 7) is 10.4. The van der Waals surface area contributed by atoms with E-state index in [4.69, 9.17) is 0 Å². The van der Waals surface area contributed by atoms with Gasteiger partial charge in [0.2, 0.25) is 6.71 Å². The second kappa shape index (κ2) is 15.9. The van der Waals surface area contributed by atoms with E-state index < -0.39 is 0 Å². The summed E-state index contributed by atoms with van der Waals surface area (Å²) < 4.78 is 0. The first-order chi connectivity index (χ1) is 20.5. The number of allylic oxidation sites excluding steroid dienone is 2. The smallest absolute Gasteiger partial charge is 0.223 e. The zero-order chi connectivity index (χ0) is 29.7. The van der Waals surface area contributed by atoms with Crippen molar-refractivity contribution in [3.63, 3.8) is 0 Å². The third kappa shape index (κ3) is 8.79. The third-order valence-electron chi connectivity index (χ3n) is 8.12. The van der Waals surface area contributed by atoms with Crippen molar-refractivity contribution < 1.29 is 4.79 Å². The molecule has 4 heteroatoms. The van der Waals surface area contributed by atoms with E-state index in [2.05, 4.69) is 110 Å². The van der Waals surface area contributed by atoms with Crippen LogP contribution in [0, 0.1) is 6.92 Å². The van der Waals surface area contributed by atoms with Gasteiger partial charge >= 0.3 is 0 Å². The van der Waals surface area contributed by atoms with Gasteiger partial charge in [-0.2, -0.15) is 0 Å². The van der Waals surface area contributed by atoms with Gasteiger partial charge < -0.3 is 9.78 Å². The van der Waals surface area contributed by atoms with E-state index in [1.807, 2.05) is 12.1 Å². The number of fused-ring (bicyclic) bond motifs is 1. The van der Waals surface area contributed by atoms with E-state index in [1.165, 1.54) is 16.7 Å². The normalized spacial score (nSPS) is 12.1. The maximum Gasteiger partial charge on any atom is 0.223 e. The number of hydrogen-bond donors (Lipinski definition) is 1. The minimum atomic E-state index is 0.101. The first-order valence-corrected chi connectivity index (χ1v) is 15.6. The van der Waals surface area contributed by atoms with Crippen molar-refractivity contribution in [1.82, 2.24) is 4.98 Å². The Kier molecular flexibility index (Phi) is 11.8. The molecule has 42 heavy (non-hydrogen) atoms. The Morgan fingerprint density at radius 2 is 1.74 bits per heavy atom. The highest BCUT2D eigenvalue weighted by atomic mass is 16.1. The van der Waals surface area contributed by atoms with Gasteiger partial charge in [0.05, 0.1) is 11.4 Å². The molecule has 0 saturated heterocycles. The molecule has 0 fully saturated rings. The van der Waals surface area contributed by atoms with E-state index in [-0.39, 0.29) is 6.71 Å². The van der Waals surface area contributed by atoms with Crippen molar-refractivity contribution in [3.05, 3.63) is 120 Å². The lowest BCUT2D eigenvalue weighted by Crippen LogP contribution is -2.27. The molecule has 0 aliphatic rings. The van der Waals surface area contributed by atoms with Crippen molar-refractivity contribution in [1.29, 1.82) is 0 Å². The molecule has 0 saturated carbocycles. The lowest BCUT2D eigenvalue weighted by Gasteiger charge is -2.13. The maximum absolute atomic E-state index is 13.7. The molecule has 4 aromatic rings. The Balaban J connectivity index is 1.35. The Morgan fingerprint density at radius 1 is 0.952 bits per heavy atom. The van der Waals surface area contributed by atoms with E-state index in [1.54, 1.807) is 6.20 Å². The fraction of sp³-hybridized carbons (Fsp3) is 0.316. The van der Waals surface area contributed by atoms with Gasteiger partial charge in [-0.1, -0.05) is 129 Å². The van der Waals surface area contributed by atoms with E-state index in [0.717, 1.165) is 84.6 Å². The van der Waals surface area contributed by atoms with Gasteiger partial charge in [-0.05, 0) is 61.9 Å². The van der Waals surface area contributed by atoms with Crippen molar-refractivity contribution in [2.24, 2.45) is 4.99 Å². The highest BCUT2D eigenvalue weighted by Crippen LogP contribution is 2.31. The number of benzene rings is 3. The summed E-state index contributed by atoms with van der Waals surface area (Å²) in [4.78, 5) is 21.9. The topological polar surface area (TPSA) is 45.2 Å². The first-order valence-electron chi connectivity index (χ1n) is 15.6. The van der Waals surface area contributed by atoms with Gasteiger partial charge in [-0.3, -0.25) is 4.99 Å². The Bertz CT molecular complexity index is 1530. The maximum atomic E-state index is 13.7. The Labute approximate surface area is 253 Å². The summed E-state index contributed by atoms with van der Waals surface area (Å²) >= 11 is 0. The van der Waals surface area contributed by atoms with Crippen LogP contribution in [-0.2, 0) is 17.6 Å². The van der Waals surface area contributed by atoms with Crippen molar-refractivity contribution >= 4 is 29.0 Å². The summed E-state index contributed by atoms with van der Waals surface area (Å²) in [7, 11) is 0. The molecule has 216 valence electrons. The molecule has 1 aromatic heterocycles. The molecule has 0 radical (unpaired) electrons. The van der Waals surface area contributed by atoms with Crippen molar-refractivity contribution in [3.8, 4) is 11.3 Å². The number of H-pyrrole nitrogens is 1. The number of aliphatic imine (C=N–C) groups is 1. The average molecular weight is 557 g/mol. The van der Waals surface area contributed by atoms with E-state index >= 15 is 0 Å². The number of aryl methyl sites for hydroxylation is 2. The Hall–Kier alpha value is -3.92. The van der Waals surface area contributed by atoms with Crippen LogP contribution in [0.3, 0.4) is 0 Å². The molecule has 4 rings (SSSR count). The largest absolute Gasteiger partial charge is 0.354 e. The molecular weight excluding hydrogens is 511 g/mol. The van der Waals surface area contributed by atoms with Gasteiger partial charge in [0.25, 0.3) is 0 Å². The van der Waals surface area contributed by atoms with Crippen LogP contribution in [0.5, 0.6) is 0 Å². The predicted molar refractivity (Wildman–Crippen MR) is 183 cm³/mol. The van der Waals surface area contributed by atoms with Gasteiger partial charge in [0, 0.05) is 29.2 Å². The molecule has 0 aliphatic carbocycles. The zero-order valence-electron chi connectivity index (χ0n) is 25.7. The first kappa shape index (κ1) is 31.0. The van der Waals surface area contributed by atoms with Crippen LogP contribution in [0.4, 0.5) is 0 Å².